The predicted molar refractivity (Wildman–Crippen MR) is 183 cm³/mol. The summed E-state index contributed by atoms with van der Waals surface area (Å²) >= 11 is 0. The Morgan fingerprint density at radius 3 is 1.58 bits per heavy atom. The molecule has 2 heteroatoms. The zero-order chi connectivity index (χ0) is 29.6. The van der Waals surface area contributed by atoms with E-state index in [1.54, 1.807) is 0 Å². The molecule has 1 aliphatic rings. The van der Waals surface area contributed by atoms with Crippen LogP contribution in [0.3, 0.4) is 0 Å². The van der Waals surface area contributed by atoms with Gasteiger partial charge in [-0.05, 0) is 48.2 Å². The lowest BCUT2D eigenvalue weighted by atomic mass is 9.33. The van der Waals surface area contributed by atoms with E-state index >= 15 is 0 Å². The number of para-hydroxylation sites is 1. The Morgan fingerprint density at radius 1 is 0.488 bits per heavy atom. The van der Waals surface area contributed by atoms with Gasteiger partial charge in [0.25, 0.3) is 0 Å². The van der Waals surface area contributed by atoms with Gasteiger partial charge in [0.05, 0.1) is 0 Å². The number of hydrogen-bond acceptors (Lipinski definition) is 1. The summed E-state index contributed by atoms with van der Waals surface area (Å²) < 4.78 is 6.49. The van der Waals surface area contributed by atoms with Crippen molar-refractivity contribution in [3.63, 3.8) is 0 Å². The molecule has 208 valence electrons. The van der Waals surface area contributed by atoms with Crippen molar-refractivity contribution >= 4 is 23.1 Å². The van der Waals surface area contributed by atoms with E-state index in [1.807, 2.05) is 0 Å². The Kier molecular flexibility index (Phi) is 6.78. The molecule has 1 nitrogen and oxygen atoms in total. The molecule has 0 bridgehead atoms. The SMILES string of the molecule is Cc1cccc(-c2ccccc2)c1B(c1ccc2c(c1)C(C)(C)c1ccccc1O2)c1c(C)cccc1-c1ccccc1. The first-order valence-corrected chi connectivity index (χ1v) is 15.1. The minimum absolute atomic E-state index is 0.00563. The lowest BCUT2D eigenvalue weighted by Gasteiger charge is -2.35. The third-order valence-electron chi connectivity index (χ3n) is 9.19. The first kappa shape index (κ1) is 27.0. The van der Waals surface area contributed by atoms with Crippen molar-refractivity contribution in [1.29, 1.82) is 0 Å². The van der Waals surface area contributed by atoms with Gasteiger partial charge in [-0.1, -0.05) is 169 Å². The van der Waals surface area contributed by atoms with E-state index in [2.05, 4.69) is 167 Å². The van der Waals surface area contributed by atoms with Crippen molar-refractivity contribution in [2.45, 2.75) is 33.1 Å². The van der Waals surface area contributed by atoms with E-state index in [4.69, 9.17) is 4.74 Å². The second-order valence-electron chi connectivity index (χ2n) is 12.2. The summed E-state index contributed by atoms with van der Waals surface area (Å²) in [6.45, 7) is 9.16. The third-order valence-corrected chi connectivity index (χ3v) is 9.19. The van der Waals surface area contributed by atoms with E-state index in [0.29, 0.717) is 0 Å². The second-order valence-corrected chi connectivity index (χ2v) is 12.2. The zero-order valence-corrected chi connectivity index (χ0v) is 25.3. The number of ether oxygens (including phenoxy) is 1. The Morgan fingerprint density at radius 2 is 1.00 bits per heavy atom. The first-order valence-electron chi connectivity index (χ1n) is 15.1. The Hall–Kier alpha value is -4.82. The number of benzene rings is 6. The summed E-state index contributed by atoms with van der Waals surface area (Å²) in [6.07, 6.45) is 0. The van der Waals surface area contributed by atoms with Crippen LogP contribution in [0.25, 0.3) is 22.3 Å². The van der Waals surface area contributed by atoms with Gasteiger partial charge in [-0.25, -0.2) is 0 Å². The minimum Gasteiger partial charge on any atom is -0.457 e. The summed E-state index contributed by atoms with van der Waals surface area (Å²) in [5, 5.41) is 0. The molecule has 0 radical (unpaired) electrons. The minimum atomic E-state index is -0.202. The van der Waals surface area contributed by atoms with Crippen LogP contribution in [-0.4, -0.2) is 6.71 Å². The molecule has 0 amide bonds. The van der Waals surface area contributed by atoms with Gasteiger partial charge in [0.15, 0.2) is 0 Å². The maximum absolute atomic E-state index is 6.49. The largest absolute Gasteiger partial charge is 0.457 e. The summed E-state index contributed by atoms with van der Waals surface area (Å²) in [5.41, 5.74) is 13.8. The molecule has 0 spiro atoms. The van der Waals surface area contributed by atoms with Crippen molar-refractivity contribution in [2.24, 2.45) is 0 Å². The van der Waals surface area contributed by atoms with Crippen LogP contribution < -0.4 is 21.1 Å². The molecular weight excluding hydrogens is 519 g/mol. The fourth-order valence-corrected chi connectivity index (χ4v) is 6.98. The van der Waals surface area contributed by atoms with E-state index in [1.165, 1.54) is 60.9 Å². The smallest absolute Gasteiger partial charge is 0.243 e. The molecular formula is C41H35BO. The van der Waals surface area contributed by atoms with Gasteiger partial charge in [-0.2, -0.15) is 0 Å². The van der Waals surface area contributed by atoms with E-state index in [-0.39, 0.29) is 12.1 Å². The highest BCUT2D eigenvalue weighted by Gasteiger charge is 2.37. The molecule has 7 rings (SSSR count). The molecule has 1 aliphatic heterocycles. The second kappa shape index (κ2) is 10.8. The van der Waals surface area contributed by atoms with Crippen LogP contribution >= 0.6 is 0 Å². The Labute approximate surface area is 255 Å². The summed E-state index contributed by atoms with van der Waals surface area (Å²) in [7, 11) is 0. The number of fused-ring (bicyclic) bond motifs is 2. The lowest BCUT2D eigenvalue weighted by Crippen LogP contribution is -2.55. The summed E-state index contributed by atoms with van der Waals surface area (Å²) in [5.74, 6) is 1.88. The van der Waals surface area contributed by atoms with Gasteiger partial charge in [0, 0.05) is 16.5 Å². The van der Waals surface area contributed by atoms with E-state index in [9.17, 15) is 0 Å². The normalized spacial score (nSPS) is 13.0. The van der Waals surface area contributed by atoms with Crippen LogP contribution in [0.1, 0.15) is 36.1 Å². The molecule has 0 saturated heterocycles. The number of aryl methyl sites for hydroxylation is 2. The molecule has 0 N–H and O–H groups in total. The van der Waals surface area contributed by atoms with Crippen molar-refractivity contribution < 1.29 is 4.74 Å². The van der Waals surface area contributed by atoms with Crippen molar-refractivity contribution in [3.05, 3.63) is 162 Å². The van der Waals surface area contributed by atoms with E-state index in [0.717, 1.165) is 11.5 Å². The zero-order valence-electron chi connectivity index (χ0n) is 25.3. The highest BCUT2D eigenvalue weighted by atomic mass is 16.5. The van der Waals surface area contributed by atoms with E-state index < -0.39 is 0 Å². The molecule has 1 heterocycles. The van der Waals surface area contributed by atoms with Crippen LogP contribution in [-0.2, 0) is 5.41 Å². The summed E-state index contributed by atoms with van der Waals surface area (Å²) in [4.78, 5) is 0. The van der Waals surface area contributed by atoms with Gasteiger partial charge < -0.3 is 4.74 Å². The highest BCUT2D eigenvalue weighted by Crippen LogP contribution is 2.47. The molecule has 0 atom stereocenters. The molecule has 0 aromatic heterocycles. The highest BCUT2D eigenvalue weighted by molar-refractivity contribution is 6.97. The Bertz CT molecular complexity index is 1850. The molecule has 0 fully saturated rings. The molecule has 0 unspecified atom stereocenters. The lowest BCUT2D eigenvalue weighted by molar-refractivity contribution is 0.418. The number of rotatable bonds is 5. The maximum atomic E-state index is 6.49. The molecule has 0 saturated carbocycles. The van der Waals surface area contributed by atoms with Crippen LogP contribution in [0.4, 0.5) is 0 Å². The quantitative estimate of drug-likeness (QED) is 0.194. The van der Waals surface area contributed by atoms with Gasteiger partial charge in [-0.3, -0.25) is 0 Å². The average molecular weight is 555 g/mol. The average Bonchev–Trinajstić information content (AvgIpc) is 3.03. The molecule has 43 heavy (non-hydrogen) atoms. The van der Waals surface area contributed by atoms with Gasteiger partial charge in [0.2, 0.25) is 6.71 Å². The van der Waals surface area contributed by atoms with Crippen LogP contribution in [0.5, 0.6) is 11.5 Å². The van der Waals surface area contributed by atoms with Crippen molar-refractivity contribution in [2.75, 3.05) is 0 Å². The molecule has 0 aliphatic carbocycles. The molecule has 6 aromatic rings. The van der Waals surface area contributed by atoms with Gasteiger partial charge in [-0.15, -0.1) is 0 Å². The van der Waals surface area contributed by atoms with Crippen LogP contribution in [0.2, 0.25) is 0 Å². The summed E-state index contributed by atoms with van der Waals surface area (Å²) in [6, 6.07) is 50.4. The fourth-order valence-electron chi connectivity index (χ4n) is 6.98. The van der Waals surface area contributed by atoms with Crippen molar-refractivity contribution in [3.8, 4) is 33.8 Å². The first-order chi connectivity index (χ1) is 20.9. The topological polar surface area (TPSA) is 9.23 Å². The predicted octanol–water partition coefficient (Wildman–Crippen LogP) is 8.59. The third kappa shape index (κ3) is 4.68. The monoisotopic (exact) mass is 554 g/mol. The maximum Gasteiger partial charge on any atom is 0.243 e. The standard InChI is InChI=1S/C41H35BO/c1-28-15-13-21-33(30-17-7-5-8-18-30)39(28)42(40-29(2)16-14-22-34(40)31-19-9-6-10-20-31)32-25-26-38-36(27-32)41(3,4)35-23-11-12-24-37(35)43-38/h5-27H,1-4H3. The van der Waals surface area contributed by atoms with Crippen LogP contribution in [0, 0.1) is 13.8 Å². The Balaban J connectivity index is 1.53. The van der Waals surface area contributed by atoms with Gasteiger partial charge in [0.1, 0.15) is 11.5 Å². The van der Waals surface area contributed by atoms with Crippen molar-refractivity contribution in [1.82, 2.24) is 0 Å². The van der Waals surface area contributed by atoms with Gasteiger partial charge >= 0.3 is 0 Å². The fraction of sp³-hybridized carbons (Fsp3) is 0.122. The molecule has 6 aromatic carbocycles. The van der Waals surface area contributed by atoms with Crippen LogP contribution in [0.15, 0.2) is 140 Å². The number of hydrogen-bond donors (Lipinski definition) is 0.